The highest BCUT2D eigenvalue weighted by atomic mass is 16.2. The van der Waals surface area contributed by atoms with Crippen molar-refractivity contribution in [2.75, 3.05) is 14.1 Å². The first-order chi connectivity index (χ1) is 10.5. The van der Waals surface area contributed by atoms with Gasteiger partial charge in [0.1, 0.15) is 0 Å². The van der Waals surface area contributed by atoms with Gasteiger partial charge in [-0.25, -0.2) is 0 Å². The second-order valence-corrected chi connectivity index (χ2v) is 5.97. The topological polar surface area (TPSA) is 106 Å². The number of primary amides is 2. The van der Waals surface area contributed by atoms with Crippen LogP contribution in [0.25, 0.3) is 0 Å². The van der Waals surface area contributed by atoms with E-state index in [1.165, 1.54) is 0 Å². The first kappa shape index (κ1) is 26.3. The molecular weight excluding hydrogens is 294 g/mol. The molecule has 0 aromatic rings. The molecule has 0 aliphatic rings. The van der Waals surface area contributed by atoms with Gasteiger partial charge < -0.3 is 16.4 Å². The number of nitrogens with two attached hydrogens (primary N) is 2. The zero-order valence-electron chi connectivity index (χ0n) is 16.2. The van der Waals surface area contributed by atoms with E-state index in [1.54, 1.807) is 19.0 Å². The Kier molecular flexibility index (Phi) is 17.5. The molecule has 0 saturated heterocycles. The van der Waals surface area contributed by atoms with Gasteiger partial charge in [0.2, 0.25) is 17.7 Å². The molecule has 0 aromatic heterocycles. The quantitative estimate of drug-likeness (QED) is 0.778. The lowest BCUT2D eigenvalue weighted by atomic mass is 10.1. The number of nitrogens with zero attached hydrogens (tertiary/aromatic N) is 1. The zero-order valence-corrected chi connectivity index (χ0v) is 16.2. The first-order valence-electron chi connectivity index (χ1n) is 8.25. The molecule has 4 N–H and O–H groups in total. The number of hydrogen-bond acceptors (Lipinski definition) is 3. The monoisotopic (exact) mass is 331 g/mol. The molecule has 6 nitrogen and oxygen atoms in total. The average molecular weight is 332 g/mol. The molecule has 0 spiro atoms. The molecule has 0 heterocycles. The lowest BCUT2D eigenvalue weighted by molar-refractivity contribution is -0.132. The third kappa shape index (κ3) is 16.6. The van der Waals surface area contributed by atoms with Crippen molar-refractivity contribution in [2.24, 2.45) is 29.2 Å². The number of rotatable bonds is 6. The first-order valence-corrected chi connectivity index (χ1v) is 8.25. The second kappa shape index (κ2) is 15.3. The van der Waals surface area contributed by atoms with Crippen molar-refractivity contribution in [3.05, 3.63) is 0 Å². The van der Waals surface area contributed by atoms with Gasteiger partial charge >= 0.3 is 0 Å². The number of hydrogen-bond donors (Lipinski definition) is 2. The molecule has 3 amide bonds. The molecule has 23 heavy (non-hydrogen) atoms. The van der Waals surface area contributed by atoms with E-state index in [9.17, 15) is 14.4 Å². The molecule has 3 atom stereocenters. The predicted octanol–water partition coefficient (Wildman–Crippen LogP) is 2.16. The Balaban J connectivity index is -0.000000264. The van der Waals surface area contributed by atoms with Gasteiger partial charge in [0, 0.05) is 31.8 Å². The van der Waals surface area contributed by atoms with Gasteiger partial charge in [-0.3, -0.25) is 14.4 Å². The average Bonchev–Trinajstić information content (AvgIpc) is 2.52. The normalized spacial score (nSPS) is 13.2. The highest BCUT2D eigenvalue weighted by Gasteiger charge is 2.10. The fraction of sp³-hybridized carbons (Fsp3) is 0.824. The van der Waals surface area contributed by atoms with Gasteiger partial charge in [-0.05, 0) is 19.3 Å². The molecule has 3 unspecified atom stereocenters. The number of carbonyl (C=O) groups excluding carboxylic acids is 3. The van der Waals surface area contributed by atoms with Gasteiger partial charge in [0.15, 0.2) is 0 Å². The maximum Gasteiger partial charge on any atom is 0.224 e. The summed E-state index contributed by atoms with van der Waals surface area (Å²) in [6.45, 7) is 11.5. The van der Waals surface area contributed by atoms with E-state index in [-0.39, 0.29) is 35.5 Å². The van der Waals surface area contributed by atoms with E-state index in [0.29, 0.717) is 0 Å². The minimum Gasteiger partial charge on any atom is -0.369 e. The molecule has 6 heteroatoms. The summed E-state index contributed by atoms with van der Waals surface area (Å²) in [6, 6.07) is 0. The SMILES string of the molecule is CCC(C)C(=O)N(C)C.CCC(C)C(N)=O.CCC(C)C(N)=O. The number of amides is 3. The van der Waals surface area contributed by atoms with Crippen molar-refractivity contribution >= 4 is 17.7 Å². The Bertz CT molecular complexity index is 324. The molecule has 0 fully saturated rings. The van der Waals surface area contributed by atoms with Crippen LogP contribution in [0.1, 0.15) is 60.8 Å². The Hall–Kier alpha value is -1.59. The molecule has 0 saturated carbocycles. The van der Waals surface area contributed by atoms with Crippen molar-refractivity contribution in [3.8, 4) is 0 Å². The molecule has 0 rings (SSSR count). The minimum absolute atomic E-state index is 0.0417. The van der Waals surface area contributed by atoms with Crippen LogP contribution in [-0.2, 0) is 14.4 Å². The Morgan fingerprint density at radius 2 is 1.00 bits per heavy atom. The van der Waals surface area contributed by atoms with Crippen LogP contribution >= 0.6 is 0 Å². The van der Waals surface area contributed by atoms with Crippen LogP contribution in [0.5, 0.6) is 0 Å². The zero-order chi connectivity index (χ0) is 19.2. The number of carbonyl (C=O) groups is 3. The minimum atomic E-state index is -0.206. The summed E-state index contributed by atoms with van der Waals surface area (Å²) in [5.74, 6) is 0.0718. The van der Waals surface area contributed by atoms with E-state index >= 15 is 0 Å². The Labute approximate surface area is 142 Å². The maximum atomic E-state index is 11.0. The van der Waals surface area contributed by atoms with E-state index in [4.69, 9.17) is 11.5 Å². The summed E-state index contributed by atoms with van der Waals surface area (Å²) in [5.41, 5.74) is 9.82. The fourth-order valence-electron chi connectivity index (χ4n) is 1.02. The van der Waals surface area contributed by atoms with Crippen LogP contribution < -0.4 is 11.5 Å². The van der Waals surface area contributed by atoms with E-state index in [2.05, 4.69) is 0 Å². The van der Waals surface area contributed by atoms with E-state index < -0.39 is 0 Å². The molecular formula is C17H37N3O3. The van der Waals surface area contributed by atoms with Crippen molar-refractivity contribution in [3.63, 3.8) is 0 Å². The summed E-state index contributed by atoms with van der Waals surface area (Å²) in [5, 5.41) is 0. The molecule has 138 valence electrons. The van der Waals surface area contributed by atoms with E-state index in [0.717, 1.165) is 19.3 Å². The van der Waals surface area contributed by atoms with Crippen molar-refractivity contribution < 1.29 is 14.4 Å². The van der Waals surface area contributed by atoms with Crippen molar-refractivity contribution in [2.45, 2.75) is 60.8 Å². The van der Waals surface area contributed by atoms with Crippen molar-refractivity contribution in [1.82, 2.24) is 4.90 Å². The highest BCUT2D eigenvalue weighted by molar-refractivity contribution is 5.77. The summed E-state index contributed by atoms with van der Waals surface area (Å²) in [6.07, 6.45) is 2.61. The van der Waals surface area contributed by atoms with Gasteiger partial charge in [0.25, 0.3) is 0 Å². The predicted molar refractivity (Wildman–Crippen MR) is 95.4 cm³/mol. The summed E-state index contributed by atoms with van der Waals surface area (Å²) >= 11 is 0. The van der Waals surface area contributed by atoms with Gasteiger partial charge in [-0.2, -0.15) is 0 Å². The molecule has 0 aromatic carbocycles. The molecule has 0 radical (unpaired) electrons. The van der Waals surface area contributed by atoms with Gasteiger partial charge in [-0.1, -0.05) is 41.5 Å². The smallest absolute Gasteiger partial charge is 0.224 e. The Morgan fingerprint density at radius 1 is 0.739 bits per heavy atom. The van der Waals surface area contributed by atoms with Crippen LogP contribution in [-0.4, -0.2) is 36.7 Å². The fourth-order valence-corrected chi connectivity index (χ4v) is 1.02. The summed E-state index contributed by atoms with van der Waals surface area (Å²) < 4.78 is 0. The van der Waals surface area contributed by atoms with Crippen molar-refractivity contribution in [1.29, 1.82) is 0 Å². The standard InChI is InChI=1S/C7H15NO.2C5H11NO/c1-5-6(2)7(9)8(3)4;2*1-3-4(2)5(6)7/h6H,5H2,1-4H3;2*4H,3H2,1-2H3,(H2,6,7). The van der Waals surface area contributed by atoms with E-state index in [1.807, 2.05) is 41.5 Å². The molecule has 0 aliphatic carbocycles. The Morgan fingerprint density at radius 3 is 1.04 bits per heavy atom. The summed E-state index contributed by atoms with van der Waals surface area (Å²) in [7, 11) is 3.57. The van der Waals surface area contributed by atoms with Crippen LogP contribution in [0.4, 0.5) is 0 Å². The lowest BCUT2D eigenvalue weighted by Gasteiger charge is -2.14. The van der Waals surface area contributed by atoms with Crippen LogP contribution in [0.2, 0.25) is 0 Å². The molecule has 0 bridgehead atoms. The largest absolute Gasteiger partial charge is 0.369 e. The van der Waals surface area contributed by atoms with Gasteiger partial charge in [0.05, 0.1) is 0 Å². The van der Waals surface area contributed by atoms with Gasteiger partial charge in [-0.15, -0.1) is 0 Å². The highest BCUT2D eigenvalue weighted by Crippen LogP contribution is 2.02. The lowest BCUT2D eigenvalue weighted by Crippen LogP contribution is -2.27. The third-order valence-electron chi connectivity index (χ3n) is 3.67. The third-order valence-corrected chi connectivity index (χ3v) is 3.67. The second-order valence-electron chi connectivity index (χ2n) is 5.97. The molecule has 0 aliphatic heterocycles. The maximum absolute atomic E-state index is 11.0. The summed E-state index contributed by atoms with van der Waals surface area (Å²) in [4.78, 5) is 32.9. The van der Waals surface area contributed by atoms with Crippen LogP contribution in [0, 0.1) is 17.8 Å². The van der Waals surface area contributed by atoms with Crippen LogP contribution in [0.15, 0.2) is 0 Å². The van der Waals surface area contributed by atoms with Crippen LogP contribution in [0.3, 0.4) is 0 Å².